The van der Waals surface area contributed by atoms with Crippen LogP contribution >= 0.6 is 0 Å². The Kier molecular flexibility index (Phi) is 3.91. The number of rotatable bonds is 3. The van der Waals surface area contributed by atoms with Crippen LogP contribution in [-0.2, 0) is 4.79 Å². The number of ketones is 1. The van der Waals surface area contributed by atoms with Gasteiger partial charge < -0.3 is 4.90 Å². The second-order valence-corrected chi connectivity index (χ2v) is 3.66. The van der Waals surface area contributed by atoms with Crippen molar-refractivity contribution < 1.29 is 4.79 Å². The predicted molar refractivity (Wildman–Crippen MR) is 50.1 cm³/mol. The Hall–Kier alpha value is -0.880. The van der Waals surface area contributed by atoms with E-state index in [1.54, 1.807) is 0 Å². The van der Waals surface area contributed by atoms with Gasteiger partial charge in [0.2, 0.25) is 0 Å². The highest BCUT2D eigenvalue weighted by atomic mass is 16.1. The molecule has 0 N–H and O–H groups in total. The highest BCUT2D eigenvalue weighted by Gasteiger charge is 2.21. The Morgan fingerprint density at radius 3 is 2.69 bits per heavy atom. The molecule has 1 aliphatic rings. The highest BCUT2D eigenvalue weighted by Crippen LogP contribution is 2.19. The fourth-order valence-corrected chi connectivity index (χ4v) is 1.77. The van der Waals surface area contributed by atoms with Crippen molar-refractivity contribution >= 4 is 5.78 Å². The first kappa shape index (κ1) is 10.2. The van der Waals surface area contributed by atoms with Gasteiger partial charge in [0.25, 0.3) is 0 Å². The lowest BCUT2D eigenvalue weighted by atomic mass is 9.93. The molecule has 0 aromatic rings. The van der Waals surface area contributed by atoms with E-state index in [0.29, 0.717) is 18.2 Å². The lowest BCUT2D eigenvalue weighted by molar-refractivity contribution is -0.121. The van der Waals surface area contributed by atoms with Gasteiger partial charge in [-0.1, -0.05) is 0 Å². The summed E-state index contributed by atoms with van der Waals surface area (Å²) in [5.74, 6) is 0.393. The second kappa shape index (κ2) is 4.98. The third-order valence-corrected chi connectivity index (χ3v) is 2.71. The van der Waals surface area contributed by atoms with Crippen molar-refractivity contribution in [3.05, 3.63) is 0 Å². The molecule has 0 bridgehead atoms. The van der Waals surface area contributed by atoms with E-state index < -0.39 is 0 Å². The van der Waals surface area contributed by atoms with Crippen LogP contribution in [0.3, 0.4) is 0 Å². The van der Waals surface area contributed by atoms with E-state index in [4.69, 9.17) is 5.26 Å². The summed E-state index contributed by atoms with van der Waals surface area (Å²) < 4.78 is 0. The van der Waals surface area contributed by atoms with Crippen molar-refractivity contribution in [3.8, 4) is 6.07 Å². The summed E-state index contributed by atoms with van der Waals surface area (Å²) in [6.45, 7) is 0.829. The summed E-state index contributed by atoms with van der Waals surface area (Å²) in [5, 5.41) is 8.42. The fourth-order valence-electron chi connectivity index (χ4n) is 1.77. The van der Waals surface area contributed by atoms with E-state index >= 15 is 0 Å². The van der Waals surface area contributed by atoms with Gasteiger partial charge in [0.15, 0.2) is 0 Å². The zero-order valence-electron chi connectivity index (χ0n) is 8.12. The molecule has 0 saturated heterocycles. The maximum absolute atomic E-state index is 11.0. The van der Waals surface area contributed by atoms with E-state index in [9.17, 15) is 4.79 Å². The maximum Gasteiger partial charge on any atom is 0.133 e. The quantitative estimate of drug-likeness (QED) is 0.658. The van der Waals surface area contributed by atoms with Gasteiger partial charge in [0, 0.05) is 31.8 Å². The summed E-state index contributed by atoms with van der Waals surface area (Å²) in [4.78, 5) is 13.2. The van der Waals surface area contributed by atoms with Crippen LogP contribution in [0.15, 0.2) is 0 Å². The molecule has 0 heterocycles. The normalized spacial score (nSPS) is 19.0. The summed E-state index contributed by atoms with van der Waals surface area (Å²) in [5.41, 5.74) is 0. The van der Waals surface area contributed by atoms with Gasteiger partial charge in [-0.15, -0.1) is 0 Å². The molecule has 0 radical (unpaired) electrons. The zero-order chi connectivity index (χ0) is 9.68. The molecule has 0 unspecified atom stereocenters. The Bertz CT molecular complexity index is 209. The van der Waals surface area contributed by atoms with Crippen molar-refractivity contribution in [3.63, 3.8) is 0 Å². The molecule has 1 aliphatic carbocycles. The molecule has 0 aromatic carbocycles. The van der Waals surface area contributed by atoms with Crippen LogP contribution in [0.1, 0.15) is 32.1 Å². The molecule has 0 aromatic heterocycles. The first-order valence-corrected chi connectivity index (χ1v) is 4.83. The van der Waals surface area contributed by atoms with Gasteiger partial charge in [-0.3, -0.25) is 4.79 Å². The van der Waals surface area contributed by atoms with E-state index in [1.807, 2.05) is 7.05 Å². The lowest BCUT2D eigenvalue weighted by Gasteiger charge is -2.29. The van der Waals surface area contributed by atoms with Gasteiger partial charge >= 0.3 is 0 Å². The van der Waals surface area contributed by atoms with E-state index in [-0.39, 0.29) is 0 Å². The van der Waals surface area contributed by atoms with Crippen LogP contribution in [-0.4, -0.2) is 30.3 Å². The lowest BCUT2D eigenvalue weighted by Crippen LogP contribution is -2.35. The summed E-state index contributed by atoms with van der Waals surface area (Å²) >= 11 is 0. The minimum atomic E-state index is 0.393. The maximum atomic E-state index is 11.0. The minimum absolute atomic E-state index is 0.393. The standard InChI is InChI=1S/C10H16N2O/c1-12(8-2-7-11)9-3-5-10(13)6-4-9/h9H,2-6,8H2,1H3. The first-order valence-electron chi connectivity index (χ1n) is 4.83. The molecule has 0 aliphatic heterocycles. The van der Waals surface area contributed by atoms with Crippen LogP contribution in [0.2, 0.25) is 0 Å². The zero-order valence-corrected chi connectivity index (χ0v) is 8.12. The van der Waals surface area contributed by atoms with Crippen molar-refractivity contribution in [1.29, 1.82) is 5.26 Å². The van der Waals surface area contributed by atoms with Gasteiger partial charge in [-0.05, 0) is 19.9 Å². The minimum Gasteiger partial charge on any atom is -0.302 e. The molecule has 1 rings (SSSR count). The third-order valence-electron chi connectivity index (χ3n) is 2.71. The molecule has 0 amide bonds. The largest absolute Gasteiger partial charge is 0.302 e. The van der Waals surface area contributed by atoms with Crippen LogP contribution < -0.4 is 0 Å². The fraction of sp³-hybridized carbons (Fsp3) is 0.800. The van der Waals surface area contributed by atoms with Crippen LogP contribution in [0, 0.1) is 11.3 Å². The number of Topliss-reactive ketones (excluding diaryl/α,β-unsaturated/α-hetero) is 1. The second-order valence-electron chi connectivity index (χ2n) is 3.66. The van der Waals surface area contributed by atoms with Crippen LogP contribution in [0.25, 0.3) is 0 Å². The third kappa shape index (κ3) is 3.16. The topological polar surface area (TPSA) is 44.1 Å². The number of nitriles is 1. The van der Waals surface area contributed by atoms with E-state index in [0.717, 1.165) is 32.2 Å². The van der Waals surface area contributed by atoms with Crippen molar-refractivity contribution in [2.45, 2.75) is 38.1 Å². The van der Waals surface area contributed by atoms with Gasteiger partial charge in [0.05, 0.1) is 6.07 Å². The van der Waals surface area contributed by atoms with E-state index in [2.05, 4.69) is 11.0 Å². The monoisotopic (exact) mass is 180 g/mol. The van der Waals surface area contributed by atoms with Gasteiger partial charge in [0.1, 0.15) is 5.78 Å². The van der Waals surface area contributed by atoms with Gasteiger partial charge in [-0.2, -0.15) is 5.26 Å². The Morgan fingerprint density at radius 2 is 2.15 bits per heavy atom. The van der Waals surface area contributed by atoms with Crippen LogP contribution in [0.4, 0.5) is 0 Å². The molecule has 13 heavy (non-hydrogen) atoms. The molecule has 1 fully saturated rings. The SMILES string of the molecule is CN(CCC#N)C1CCC(=O)CC1. The number of nitrogens with zero attached hydrogens (tertiary/aromatic N) is 2. The Morgan fingerprint density at radius 1 is 1.54 bits per heavy atom. The first-order chi connectivity index (χ1) is 6.24. The van der Waals surface area contributed by atoms with Crippen molar-refractivity contribution in [2.75, 3.05) is 13.6 Å². The predicted octanol–water partition coefficient (Wildman–Crippen LogP) is 1.34. The molecule has 3 nitrogen and oxygen atoms in total. The molecular formula is C10H16N2O. The molecule has 1 saturated carbocycles. The summed E-state index contributed by atoms with van der Waals surface area (Å²) in [6, 6.07) is 2.66. The molecule has 72 valence electrons. The van der Waals surface area contributed by atoms with Crippen molar-refractivity contribution in [1.82, 2.24) is 4.90 Å². The molecular weight excluding hydrogens is 164 g/mol. The molecule has 0 atom stereocenters. The summed E-state index contributed by atoms with van der Waals surface area (Å²) in [6.07, 6.45) is 3.98. The number of hydrogen-bond donors (Lipinski definition) is 0. The number of carbonyl (C=O) groups is 1. The van der Waals surface area contributed by atoms with E-state index in [1.165, 1.54) is 0 Å². The summed E-state index contributed by atoms with van der Waals surface area (Å²) in [7, 11) is 2.04. The van der Waals surface area contributed by atoms with Crippen LogP contribution in [0.5, 0.6) is 0 Å². The average Bonchev–Trinajstić information content (AvgIpc) is 2.15. The average molecular weight is 180 g/mol. The highest BCUT2D eigenvalue weighted by molar-refractivity contribution is 5.79. The molecule has 3 heteroatoms. The number of carbonyl (C=O) groups excluding carboxylic acids is 1. The Balaban J connectivity index is 2.27. The van der Waals surface area contributed by atoms with Crippen molar-refractivity contribution in [2.24, 2.45) is 0 Å². The number of hydrogen-bond acceptors (Lipinski definition) is 3. The molecule has 0 spiro atoms. The van der Waals surface area contributed by atoms with Gasteiger partial charge in [-0.25, -0.2) is 0 Å². The Labute approximate surface area is 79.3 Å². The smallest absolute Gasteiger partial charge is 0.133 e.